The largest absolute Gasteiger partial charge is 0.387 e. The second-order valence-corrected chi connectivity index (χ2v) is 7.07. The first-order valence-corrected chi connectivity index (χ1v) is 9.61. The number of anilines is 1. The summed E-state index contributed by atoms with van der Waals surface area (Å²) in [5.41, 5.74) is 2.98. The first kappa shape index (κ1) is 19.8. The molecule has 1 heterocycles. The Morgan fingerprint density at radius 3 is 2.39 bits per heavy atom. The van der Waals surface area contributed by atoms with Gasteiger partial charge in [0.2, 0.25) is 0 Å². The molecule has 7 nitrogen and oxygen atoms in total. The molecule has 3 rings (SSSR count). The number of rotatable bonds is 7. The van der Waals surface area contributed by atoms with Crippen molar-refractivity contribution >= 4 is 17.3 Å². The Morgan fingerprint density at radius 2 is 1.75 bits per heavy atom. The van der Waals surface area contributed by atoms with Gasteiger partial charge in [-0.25, -0.2) is 0 Å². The highest BCUT2D eigenvalue weighted by atomic mass is 16.6. The molecule has 28 heavy (non-hydrogen) atoms. The second kappa shape index (κ2) is 9.32. The fourth-order valence-electron chi connectivity index (χ4n) is 3.47. The van der Waals surface area contributed by atoms with Crippen LogP contribution in [-0.2, 0) is 13.1 Å². The Kier molecular flexibility index (Phi) is 6.60. The fourth-order valence-corrected chi connectivity index (χ4v) is 3.47. The Bertz CT molecular complexity index is 830. The lowest BCUT2D eigenvalue weighted by Gasteiger charge is -2.26. The molecule has 1 aliphatic heterocycles. The van der Waals surface area contributed by atoms with Crippen molar-refractivity contribution in [3.05, 3.63) is 69.3 Å². The highest BCUT2D eigenvalue weighted by Gasteiger charge is 2.16. The Labute approximate surface area is 164 Å². The zero-order chi connectivity index (χ0) is 19.9. The summed E-state index contributed by atoms with van der Waals surface area (Å²) in [5, 5.41) is 16.7. The van der Waals surface area contributed by atoms with Crippen molar-refractivity contribution in [2.45, 2.75) is 32.4 Å². The lowest BCUT2D eigenvalue weighted by atomic mass is 10.1. The maximum absolute atomic E-state index is 12.5. The minimum absolute atomic E-state index is 0.105. The van der Waals surface area contributed by atoms with Crippen LogP contribution in [0.3, 0.4) is 0 Å². The molecule has 148 valence electrons. The molecule has 0 aliphatic carbocycles. The van der Waals surface area contributed by atoms with Crippen LogP contribution in [0.2, 0.25) is 0 Å². The van der Waals surface area contributed by atoms with Crippen molar-refractivity contribution in [2.24, 2.45) is 0 Å². The number of nitro benzene ring substituents is 1. The predicted octanol–water partition coefficient (Wildman–Crippen LogP) is 3.55. The summed E-state index contributed by atoms with van der Waals surface area (Å²) in [6, 6.07) is 12.5. The minimum atomic E-state index is -0.503. The molecule has 0 unspecified atom stereocenters. The summed E-state index contributed by atoms with van der Waals surface area (Å²) in [4.78, 5) is 25.5. The fraction of sp³-hybridized carbons (Fsp3) is 0.381. The monoisotopic (exact) mass is 382 g/mol. The third-order valence-electron chi connectivity index (χ3n) is 5.06. The summed E-state index contributed by atoms with van der Waals surface area (Å²) in [7, 11) is 1.68. The quantitative estimate of drug-likeness (QED) is 0.565. The van der Waals surface area contributed by atoms with Gasteiger partial charge in [-0.05, 0) is 43.1 Å². The van der Waals surface area contributed by atoms with E-state index in [4.69, 9.17) is 0 Å². The van der Waals surface area contributed by atoms with E-state index in [2.05, 4.69) is 27.7 Å². The van der Waals surface area contributed by atoms with Crippen molar-refractivity contribution in [3.8, 4) is 0 Å². The normalized spacial score (nSPS) is 14.5. The van der Waals surface area contributed by atoms with E-state index < -0.39 is 4.92 Å². The van der Waals surface area contributed by atoms with Crippen LogP contribution in [0.15, 0.2) is 42.5 Å². The number of carbonyl (C=O) groups excluding carboxylic acids is 1. The molecule has 1 saturated heterocycles. The van der Waals surface area contributed by atoms with Crippen molar-refractivity contribution in [3.63, 3.8) is 0 Å². The zero-order valence-corrected chi connectivity index (χ0v) is 16.1. The number of carbonyl (C=O) groups is 1. The summed E-state index contributed by atoms with van der Waals surface area (Å²) in [6.45, 7) is 3.66. The number of hydrogen-bond donors (Lipinski definition) is 2. The van der Waals surface area contributed by atoms with E-state index in [1.165, 1.54) is 37.0 Å². The molecule has 2 N–H and O–H groups in total. The minimum Gasteiger partial charge on any atom is -0.387 e. The number of benzene rings is 2. The van der Waals surface area contributed by atoms with Gasteiger partial charge >= 0.3 is 0 Å². The van der Waals surface area contributed by atoms with Gasteiger partial charge in [-0.2, -0.15) is 0 Å². The van der Waals surface area contributed by atoms with Crippen molar-refractivity contribution < 1.29 is 9.72 Å². The topological polar surface area (TPSA) is 87.5 Å². The lowest BCUT2D eigenvalue weighted by Crippen LogP contribution is -2.29. The lowest BCUT2D eigenvalue weighted by molar-refractivity contribution is -0.384. The number of hydrogen-bond acceptors (Lipinski definition) is 5. The van der Waals surface area contributed by atoms with Gasteiger partial charge in [0.05, 0.1) is 10.5 Å². The summed E-state index contributed by atoms with van der Waals surface area (Å²) < 4.78 is 0. The molecule has 0 atom stereocenters. The van der Waals surface area contributed by atoms with E-state index >= 15 is 0 Å². The Morgan fingerprint density at radius 1 is 1.07 bits per heavy atom. The third-order valence-corrected chi connectivity index (χ3v) is 5.06. The van der Waals surface area contributed by atoms with Gasteiger partial charge in [0.25, 0.3) is 11.6 Å². The maximum atomic E-state index is 12.5. The highest BCUT2D eigenvalue weighted by Crippen LogP contribution is 2.22. The SMILES string of the molecule is CNc1ccc([N+](=O)[O-])cc1C(=O)NCc1ccc(CN2CCCCC2)cc1. The number of nitrogens with zero attached hydrogens (tertiary/aromatic N) is 2. The molecule has 1 amide bonds. The number of nitrogens with one attached hydrogen (secondary N) is 2. The standard InChI is InChI=1S/C21H26N4O3/c1-22-20-10-9-18(25(27)28)13-19(20)21(26)23-14-16-5-7-17(8-6-16)15-24-11-3-2-4-12-24/h5-10,13,22H,2-4,11-12,14-15H2,1H3,(H,23,26). The number of nitro groups is 1. The second-order valence-electron chi connectivity index (χ2n) is 7.07. The predicted molar refractivity (Wildman–Crippen MR) is 109 cm³/mol. The molecule has 1 aliphatic rings. The van der Waals surface area contributed by atoms with Crippen molar-refractivity contribution in [1.82, 2.24) is 10.2 Å². The molecule has 2 aromatic rings. The summed E-state index contributed by atoms with van der Waals surface area (Å²) in [6.07, 6.45) is 3.88. The Hall–Kier alpha value is -2.93. The Balaban J connectivity index is 1.60. The van der Waals surface area contributed by atoms with Crippen molar-refractivity contribution in [1.29, 1.82) is 0 Å². The van der Waals surface area contributed by atoms with Crippen LogP contribution >= 0.6 is 0 Å². The van der Waals surface area contributed by atoms with E-state index in [1.54, 1.807) is 13.1 Å². The molecule has 7 heteroatoms. The van der Waals surface area contributed by atoms with E-state index in [1.807, 2.05) is 12.1 Å². The van der Waals surface area contributed by atoms with Crippen LogP contribution in [0.5, 0.6) is 0 Å². The van der Waals surface area contributed by atoms with Crippen molar-refractivity contribution in [2.75, 3.05) is 25.5 Å². The molecule has 0 bridgehead atoms. The van der Waals surface area contributed by atoms with Gasteiger partial charge in [0.15, 0.2) is 0 Å². The average molecular weight is 382 g/mol. The number of piperidine rings is 1. The molecule has 0 spiro atoms. The average Bonchev–Trinajstić information content (AvgIpc) is 2.73. The van der Waals surface area contributed by atoms with Gasteiger partial charge in [0.1, 0.15) is 0 Å². The molecular formula is C21H26N4O3. The summed E-state index contributed by atoms with van der Waals surface area (Å²) >= 11 is 0. The van der Waals surface area contributed by atoms with Gasteiger partial charge in [-0.3, -0.25) is 19.8 Å². The van der Waals surface area contributed by atoms with Gasteiger partial charge < -0.3 is 10.6 Å². The first-order chi connectivity index (χ1) is 13.6. The highest BCUT2D eigenvalue weighted by molar-refractivity contribution is 6.00. The molecule has 0 aromatic heterocycles. The van der Waals surface area contributed by atoms with Crippen LogP contribution in [0.4, 0.5) is 11.4 Å². The molecular weight excluding hydrogens is 356 g/mol. The zero-order valence-electron chi connectivity index (χ0n) is 16.1. The molecule has 2 aromatic carbocycles. The maximum Gasteiger partial charge on any atom is 0.270 e. The summed E-state index contributed by atoms with van der Waals surface area (Å²) in [5.74, 6) is -0.342. The number of amides is 1. The van der Waals surface area contributed by atoms with E-state index in [0.29, 0.717) is 12.2 Å². The number of non-ortho nitro benzene ring substituents is 1. The molecule has 0 saturated carbocycles. The van der Waals surface area contributed by atoms with E-state index in [-0.39, 0.29) is 17.2 Å². The smallest absolute Gasteiger partial charge is 0.270 e. The van der Waals surface area contributed by atoms with Crippen LogP contribution in [0, 0.1) is 10.1 Å². The third kappa shape index (κ3) is 5.07. The van der Waals surface area contributed by atoms with E-state index in [0.717, 1.165) is 25.2 Å². The van der Waals surface area contributed by atoms with Gasteiger partial charge in [-0.15, -0.1) is 0 Å². The number of likely N-dealkylation sites (tertiary alicyclic amines) is 1. The van der Waals surface area contributed by atoms with Gasteiger partial charge in [0, 0.05) is 38.0 Å². The van der Waals surface area contributed by atoms with Crippen LogP contribution in [0.25, 0.3) is 0 Å². The first-order valence-electron chi connectivity index (χ1n) is 9.61. The van der Waals surface area contributed by atoms with E-state index in [9.17, 15) is 14.9 Å². The molecule has 0 radical (unpaired) electrons. The van der Waals surface area contributed by atoms with Crippen LogP contribution in [0.1, 0.15) is 40.7 Å². The van der Waals surface area contributed by atoms with Gasteiger partial charge in [-0.1, -0.05) is 30.7 Å². The van der Waals surface area contributed by atoms with Crippen LogP contribution < -0.4 is 10.6 Å². The molecule has 1 fully saturated rings. The van der Waals surface area contributed by atoms with Crippen LogP contribution in [-0.4, -0.2) is 35.9 Å².